The van der Waals surface area contributed by atoms with E-state index in [9.17, 15) is 4.79 Å². The topological polar surface area (TPSA) is 46.5 Å². The summed E-state index contributed by atoms with van der Waals surface area (Å²) in [6, 6.07) is 22.1. The summed E-state index contributed by atoms with van der Waals surface area (Å²) in [6.07, 6.45) is 3.85. The zero-order valence-corrected chi connectivity index (χ0v) is 16.9. The van der Waals surface area contributed by atoms with Gasteiger partial charge >= 0.3 is 5.97 Å². The molecule has 1 heterocycles. The van der Waals surface area contributed by atoms with Crippen molar-refractivity contribution in [2.75, 3.05) is 0 Å². The molecule has 0 unspecified atom stereocenters. The highest BCUT2D eigenvalue weighted by Crippen LogP contribution is 2.41. The van der Waals surface area contributed by atoms with Gasteiger partial charge in [0.05, 0.1) is 5.56 Å². The number of carboxylic acids is 1. The fourth-order valence-corrected chi connectivity index (χ4v) is 4.07. The predicted molar refractivity (Wildman–Crippen MR) is 116 cm³/mol. The Bertz CT molecular complexity index is 1020. The van der Waals surface area contributed by atoms with Crippen LogP contribution in [0.1, 0.15) is 47.3 Å². The van der Waals surface area contributed by atoms with Crippen molar-refractivity contribution in [1.29, 1.82) is 0 Å². The molecule has 148 valence electrons. The highest BCUT2D eigenvalue weighted by Gasteiger charge is 2.33. The molecule has 4 rings (SSSR count). The molecule has 0 fully saturated rings. The number of benzene rings is 3. The minimum atomic E-state index is -0.912. The van der Waals surface area contributed by atoms with Crippen molar-refractivity contribution >= 4 is 5.97 Å². The number of hydrogen-bond donors (Lipinski definition) is 1. The lowest BCUT2D eigenvalue weighted by Gasteiger charge is -2.37. The zero-order chi connectivity index (χ0) is 20.4. The Morgan fingerprint density at radius 3 is 2.34 bits per heavy atom. The van der Waals surface area contributed by atoms with Gasteiger partial charge in [-0.15, -0.1) is 0 Å². The van der Waals surface area contributed by atoms with Gasteiger partial charge in [-0.05, 0) is 60.6 Å². The van der Waals surface area contributed by atoms with E-state index < -0.39 is 5.97 Å². The number of ether oxygens (including phenoxy) is 1. The third kappa shape index (κ3) is 4.04. The molecule has 0 bridgehead atoms. The number of aryl methyl sites for hydroxylation is 2. The van der Waals surface area contributed by atoms with E-state index in [1.54, 1.807) is 12.1 Å². The van der Waals surface area contributed by atoms with Crippen LogP contribution in [-0.2, 0) is 19.3 Å². The third-order valence-corrected chi connectivity index (χ3v) is 5.82. The van der Waals surface area contributed by atoms with Gasteiger partial charge in [-0.3, -0.25) is 0 Å². The van der Waals surface area contributed by atoms with Gasteiger partial charge in [-0.2, -0.15) is 0 Å². The number of fused-ring (bicyclic) bond motifs is 1. The van der Waals surface area contributed by atoms with E-state index in [0.717, 1.165) is 42.6 Å². The molecule has 0 aromatic heterocycles. The van der Waals surface area contributed by atoms with Gasteiger partial charge in [0.15, 0.2) is 0 Å². The van der Waals surface area contributed by atoms with Crippen molar-refractivity contribution in [3.63, 3.8) is 0 Å². The molecule has 0 saturated carbocycles. The molecule has 0 spiro atoms. The summed E-state index contributed by atoms with van der Waals surface area (Å²) >= 11 is 0. The predicted octanol–water partition coefficient (Wildman–Crippen LogP) is 5.94. The second-order valence-electron chi connectivity index (χ2n) is 8.08. The van der Waals surface area contributed by atoms with Crippen LogP contribution in [0.5, 0.6) is 5.75 Å². The highest BCUT2D eigenvalue weighted by atomic mass is 16.5. The molecular weight excluding hydrogens is 360 g/mol. The first-order chi connectivity index (χ1) is 14.0. The second-order valence-corrected chi connectivity index (χ2v) is 8.08. The zero-order valence-electron chi connectivity index (χ0n) is 16.9. The fourth-order valence-electron chi connectivity index (χ4n) is 4.07. The van der Waals surface area contributed by atoms with Crippen LogP contribution in [0.3, 0.4) is 0 Å². The average molecular weight is 386 g/mol. The van der Waals surface area contributed by atoms with Crippen LogP contribution in [0.4, 0.5) is 0 Å². The van der Waals surface area contributed by atoms with Crippen LogP contribution >= 0.6 is 0 Å². The van der Waals surface area contributed by atoms with Crippen LogP contribution in [0, 0.1) is 0 Å². The molecule has 0 radical (unpaired) electrons. The van der Waals surface area contributed by atoms with Gasteiger partial charge in [0, 0.05) is 12.0 Å². The lowest BCUT2D eigenvalue weighted by atomic mass is 9.85. The quantitative estimate of drug-likeness (QED) is 0.590. The minimum absolute atomic E-state index is 0.266. The summed E-state index contributed by atoms with van der Waals surface area (Å²) < 4.78 is 6.63. The van der Waals surface area contributed by atoms with Gasteiger partial charge in [-0.1, -0.05) is 61.5 Å². The van der Waals surface area contributed by atoms with Crippen LogP contribution in [0.2, 0.25) is 0 Å². The fraction of sp³-hybridized carbons (Fsp3) is 0.269. The molecule has 3 aromatic carbocycles. The molecule has 1 aliphatic rings. The number of para-hydroxylation sites is 1. The van der Waals surface area contributed by atoms with E-state index in [-0.39, 0.29) is 5.60 Å². The van der Waals surface area contributed by atoms with E-state index in [1.165, 1.54) is 16.7 Å². The second kappa shape index (κ2) is 7.75. The Morgan fingerprint density at radius 2 is 1.69 bits per heavy atom. The first kappa shape index (κ1) is 19.3. The Labute approximate surface area is 172 Å². The van der Waals surface area contributed by atoms with Crippen molar-refractivity contribution in [3.8, 4) is 16.9 Å². The highest BCUT2D eigenvalue weighted by molar-refractivity contribution is 5.88. The molecule has 1 N–H and O–H groups in total. The lowest BCUT2D eigenvalue weighted by Crippen LogP contribution is -2.38. The molecule has 0 amide bonds. The minimum Gasteiger partial charge on any atom is -0.486 e. The number of hydrogen-bond acceptors (Lipinski definition) is 2. The molecule has 29 heavy (non-hydrogen) atoms. The molecule has 3 heteroatoms. The maximum absolute atomic E-state index is 11.2. The monoisotopic (exact) mass is 386 g/mol. The van der Waals surface area contributed by atoms with Crippen molar-refractivity contribution in [3.05, 3.63) is 89.0 Å². The number of carbonyl (C=O) groups is 1. The molecule has 1 aliphatic heterocycles. The van der Waals surface area contributed by atoms with E-state index in [1.807, 2.05) is 12.1 Å². The molecule has 0 saturated heterocycles. The normalized spacial score (nSPS) is 18.0. The Kier molecular flexibility index (Phi) is 5.14. The van der Waals surface area contributed by atoms with E-state index in [2.05, 4.69) is 56.3 Å². The Hall–Kier alpha value is -3.07. The number of carboxylic acid groups (broad SMARTS) is 1. The van der Waals surface area contributed by atoms with Crippen LogP contribution in [0.25, 0.3) is 11.1 Å². The molecular formula is C26H26O3. The van der Waals surface area contributed by atoms with E-state index >= 15 is 0 Å². The molecule has 3 nitrogen and oxygen atoms in total. The summed E-state index contributed by atoms with van der Waals surface area (Å²) in [4.78, 5) is 11.2. The smallest absolute Gasteiger partial charge is 0.335 e. The molecule has 0 aliphatic carbocycles. The first-order valence-corrected chi connectivity index (χ1v) is 10.2. The van der Waals surface area contributed by atoms with Gasteiger partial charge in [0.2, 0.25) is 0 Å². The number of rotatable bonds is 5. The van der Waals surface area contributed by atoms with Crippen molar-refractivity contribution in [1.82, 2.24) is 0 Å². The molecule has 1 atom stereocenters. The summed E-state index contributed by atoms with van der Waals surface area (Å²) in [5, 5.41) is 9.16. The van der Waals surface area contributed by atoms with Crippen LogP contribution in [0.15, 0.2) is 66.7 Å². The van der Waals surface area contributed by atoms with Gasteiger partial charge in [0.1, 0.15) is 11.4 Å². The SMILES string of the molecule is CCc1ccc(C[C@@]2(C)CCc3cccc(-c4ccc(C(=O)O)cc4)c3O2)cc1. The largest absolute Gasteiger partial charge is 0.486 e. The van der Waals surface area contributed by atoms with Gasteiger partial charge in [-0.25, -0.2) is 4.79 Å². The third-order valence-electron chi connectivity index (χ3n) is 5.82. The summed E-state index contributed by atoms with van der Waals surface area (Å²) in [7, 11) is 0. The average Bonchev–Trinajstić information content (AvgIpc) is 2.74. The maximum atomic E-state index is 11.2. The Morgan fingerprint density at radius 1 is 1.00 bits per heavy atom. The van der Waals surface area contributed by atoms with E-state index in [0.29, 0.717) is 5.56 Å². The number of aromatic carboxylic acids is 1. The lowest BCUT2D eigenvalue weighted by molar-refractivity contribution is 0.0661. The molecule has 3 aromatic rings. The summed E-state index contributed by atoms with van der Waals surface area (Å²) in [6.45, 7) is 4.36. The van der Waals surface area contributed by atoms with Crippen molar-refractivity contribution in [2.45, 2.75) is 45.1 Å². The van der Waals surface area contributed by atoms with Crippen molar-refractivity contribution < 1.29 is 14.6 Å². The van der Waals surface area contributed by atoms with Gasteiger partial charge < -0.3 is 9.84 Å². The van der Waals surface area contributed by atoms with Crippen LogP contribution < -0.4 is 4.74 Å². The van der Waals surface area contributed by atoms with Gasteiger partial charge in [0.25, 0.3) is 0 Å². The Balaban J connectivity index is 1.63. The van der Waals surface area contributed by atoms with Crippen LogP contribution in [-0.4, -0.2) is 16.7 Å². The van der Waals surface area contributed by atoms with Crippen molar-refractivity contribution in [2.24, 2.45) is 0 Å². The van der Waals surface area contributed by atoms with E-state index in [4.69, 9.17) is 9.84 Å². The standard InChI is InChI=1S/C26H26O3/c1-3-18-7-9-19(10-8-18)17-26(2)16-15-21-5-4-6-23(24(21)29-26)20-11-13-22(14-12-20)25(27)28/h4-14H,3,15-17H2,1-2H3,(H,27,28)/t26-/m1/s1. The maximum Gasteiger partial charge on any atom is 0.335 e. The first-order valence-electron chi connectivity index (χ1n) is 10.2. The summed E-state index contributed by atoms with van der Waals surface area (Å²) in [5.74, 6) is 0.0130. The summed E-state index contributed by atoms with van der Waals surface area (Å²) in [5.41, 5.74) is 5.87.